The molecular formula is C8H14O4. The maximum absolute atomic E-state index is 10.6. The van der Waals surface area contributed by atoms with Crippen molar-refractivity contribution in [3.8, 4) is 0 Å². The molecule has 2 N–H and O–H groups in total. The van der Waals surface area contributed by atoms with Gasteiger partial charge in [0.15, 0.2) is 0 Å². The Bertz CT molecular complexity index is 178. The van der Waals surface area contributed by atoms with Gasteiger partial charge in [-0.05, 0) is 20.3 Å². The first-order chi connectivity index (χ1) is 5.52. The quantitative estimate of drug-likeness (QED) is 0.629. The minimum Gasteiger partial charge on any atom is -0.481 e. The van der Waals surface area contributed by atoms with E-state index in [0.29, 0.717) is 6.42 Å². The molecule has 1 rings (SSSR count). The number of carboxylic acids is 1. The van der Waals surface area contributed by atoms with Gasteiger partial charge in [-0.15, -0.1) is 0 Å². The van der Waals surface area contributed by atoms with Gasteiger partial charge in [0.2, 0.25) is 0 Å². The van der Waals surface area contributed by atoms with E-state index in [0.717, 1.165) is 0 Å². The van der Waals surface area contributed by atoms with Gasteiger partial charge in [0.25, 0.3) is 0 Å². The number of carbonyl (C=O) groups is 1. The van der Waals surface area contributed by atoms with E-state index in [1.165, 1.54) is 0 Å². The fraction of sp³-hybridized carbons (Fsp3) is 0.875. The number of hydrogen-bond donors (Lipinski definition) is 2. The molecule has 4 heteroatoms. The van der Waals surface area contributed by atoms with Crippen molar-refractivity contribution in [3.05, 3.63) is 0 Å². The molecule has 0 aromatic rings. The predicted octanol–water partition coefficient (Wildman–Crippen LogP) is 0.245. The van der Waals surface area contributed by atoms with Crippen molar-refractivity contribution in [2.45, 2.75) is 38.6 Å². The molecular weight excluding hydrogens is 160 g/mol. The first-order valence-electron chi connectivity index (χ1n) is 4.08. The maximum Gasteiger partial charge on any atom is 0.309 e. The minimum atomic E-state index is -0.842. The number of rotatable bonds is 2. The van der Waals surface area contributed by atoms with E-state index in [-0.39, 0.29) is 12.2 Å². The van der Waals surface area contributed by atoms with Crippen LogP contribution in [-0.2, 0) is 9.53 Å². The van der Waals surface area contributed by atoms with Crippen LogP contribution < -0.4 is 0 Å². The fourth-order valence-corrected chi connectivity index (χ4v) is 1.48. The Labute approximate surface area is 71.2 Å². The SMILES string of the molecule is C[C@H](O)[C@@H]1C[C@@H](C(=O)O)[C@@H](C)O1. The summed E-state index contributed by atoms with van der Waals surface area (Å²) in [6, 6.07) is 0. The summed E-state index contributed by atoms with van der Waals surface area (Å²) in [6.45, 7) is 3.34. The second kappa shape index (κ2) is 3.41. The summed E-state index contributed by atoms with van der Waals surface area (Å²) in [5.41, 5.74) is 0. The number of aliphatic hydroxyl groups excluding tert-OH is 1. The Morgan fingerprint density at radius 2 is 2.25 bits per heavy atom. The Balaban J connectivity index is 2.56. The average molecular weight is 174 g/mol. The Kier molecular flexibility index (Phi) is 2.69. The first-order valence-corrected chi connectivity index (χ1v) is 4.08. The molecule has 0 aromatic heterocycles. The van der Waals surface area contributed by atoms with Crippen molar-refractivity contribution in [3.63, 3.8) is 0 Å². The molecule has 1 fully saturated rings. The van der Waals surface area contributed by atoms with Gasteiger partial charge in [0, 0.05) is 0 Å². The van der Waals surface area contributed by atoms with Gasteiger partial charge in [0.1, 0.15) is 0 Å². The molecule has 1 heterocycles. The van der Waals surface area contributed by atoms with Gasteiger partial charge >= 0.3 is 5.97 Å². The fourth-order valence-electron chi connectivity index (χ4n) is 1.48. The zero-order valence-corrected chi connectivity index (χ0v) is 7.23. The molecule has 1 aliphatic rings. The number of carboxylic acid groups (broad SMARTS) is 1. The van der Waals surface area contributed by atoms with Crippen LogP contribution in [0.1, 0.15) is 20.3 Å². The van der Waals surface area contributed by atoms with Crippen molar-refractivity contribution in [2.24, 2.45) is 5.92 Å². The van der Waals surface area contributed by atoms with Crippen LogP contribution in [0.4, 0.5) is 0 Å². The molecule has 1 saturated heterocycles. The number of aliphatic carboxylic acids is 1. The Morgan fingerprint density at radius 1 is 1.67 bits per heavy atom. The highest BCUT2D eigenvalue weighted by molar-refractivity contribution is 5.71. The highest BCUT2D eigenvalue weighted by atomic mass is 16.5. The topological polar surface area (TPSA) is 66.8 Å². The summed E-state index contributed by atoms with van der Waals surface area (Å²) < 4.78 is 5.27. The number of ether oxygens (including phenoxy) is 1. The summed E-state index contributed by atoms with van der Waals surface area (Å²) in [7, 11) is 0. The van der Waals surface area contributed by atoms with Gasteiger partial charge in [-0.1, -0.05) is 0 Å². The van der Waals surface area contributed by atoms with Gasteiger partial charge in [-0.3, -0.25) is 4.79 Å². The number of hydrogen-bond acceptors (Lipinski definition) is 3. The summed E-state index contributed by atoms with van der Waals surface area (Å²) >= 11 is 0. The van der Waals surface area contributed by atoms with Gasteiger partial charge < -0.3 is 14.9 Å². The lowest BCUT2D eigenvalue weighted by atomic mass is 9.99. The Hall–Kier alpha value is -0.610. The smallest absolute Gasteiger partial charge is 0.309 e. The number of aliphatic hydroxyl groups is 1. The second-order valence-corrected chi connectivity index (χ2v) is 3.30. The van der Waals surface area contributed by atoms with Crippen molar-refractivity contribution >= 4 is 5.97 Å². The molecule has 0 amide bonds. The molecule has 0 aromatic carbocycles. The van der Waals surface area contributed by atoms with E-state index >= 15 is 0 Å². The van der Waals surface area contributed by atoms with E-state index in [4.69, 9.17) is 14.9 Å². The van der Waals surface area contributed by atoms with Crippen LogP contribution in [0.15, 0.2) is 0 Å². The van der Waals surface area contributed by atoms with Crippen LogP contribution >= 0.6 is 0 Å². The third-order valence-electron chi connectivity index (χ3n) is 2.30. The monoisotopic (exact) mass is 174 g/mol. The molecule has 4 atom stereocenters. The molecule has 4 nitrogen and oxygen atoms in total. The maximum atomic E-state index is 10.6. The predicted molar refractivity (Wildman–Crippen MR) is 41.8 cm³/mol. The third-order valence-corrected chi connectivity index (χ3v) is 2.30. The summed E-state index contributed by atoms with van der Waals surface area (Å²) in [4.78, 5) is 10.6. The van der Waals surface area contributed by atoms with E-state index in [1.54, 1.807) is 13.8 Å². The second-order valence-electron chi connectivity index (χ2n) is 3.30. The van der Waals surface area contributed by atoms with E-state index in [1.807, 2.05) is 0 Å². The first kappa shape index (κ1) is 9.48. The highest BCUT2D eigenvalue weighted by Crippen LogP contribution is 2.28. The van der Waals surface area contributed by atoms with Crippen LogP contribution in [0.5, 0.6) is 0 Å². The molecule has 0 bridgehead atoms. The molecule has 0 saturated carbocycles. The zero-order valence-electron chi connectivity index (χ0n) is 7.23. The lowest BCUT2D eigenvalue weighted by molar-refractivity contribution is -0.143. The van der Waals surface area contributed by atoms with E-state index < -0.39 is 18.0 Å². The lowest BCUT2D eigenvalue weighted by Crippen LogP contribution is -2.22. The molecule has 1 aliphatic heterocycles. The van der Waals surface area contributed by atoms with E-state index in [2.05, 4.69) is 0 Å². The third kappa shape index (κ3) is 1.76. The molecule has 0 unspecified atom stereocenters. The van der Waals surface area contributed by atoms with Crippen LogP contribution in [0.2, 0.25) is 0 Å². The minimum absolute atomic E-state index is 0.290. The van der Waals surface area contributed by atoms with Gasteiger partial charge in [-0.25, -0.2) is 0 Å². The highest BCUT2D eigenvalue weighted by Gasteiger charge is 2.38. The Morgan fingerprint density at radius 3 is 2.50 bits per heavy atom. The average Bonchev–Trinajstić information content (AvgIpc) is 2.30. The zero-order chi connectivity index (χ0) is 9.30. The molecule has 0 radical (unpaired) electrons. The molecule has 0 aliphatic carbocycles. The van der Waals surface area contributed by atoms with Crippen molar-refractivity contribution in [2.75, 3.05) is 0 Å². The summed E-state index contributed by atoms with van der Waals surface area (Å²) in [5.74, 6) is -1.31. The summed E-state index contributed by atoms with van der Waals surface area (Å²) in [6.07, 6.45) is -0.784. The van der Waals surface area contributed by atoms with Gasteiger partial charge in [-0.2, -0.15) is 0 Å². The van der Waals surface area contributed by atoms with Crippen LogP contribution in [0.3, 0.4) is 0 Å². The van der Waals surface area contributed by atoms with Crippen LogP contribution in [0.25, 0.3) is 0 Å². The lowest BCUT2D eigenvalue weighted by Gasteiger charge is -2.12. The standard InChI is InChI=1S/C8H14O4/c1-4(9)7-3-6(8(10)11)5(2)12-7/h4-7,9H,3H2,1-2H3,(H,10,11)/t4-,5+,6+,7-/m0/s1. The molecule has 70 valence electrons. The van der Waals surface area contributed by atoms with E-state index in [9.17, 15) is 4.79 Å². The molecule has 0 spiro atoms. The van der Waals surface area contributed by atoms with Crippen molar-refractivity contribution in [1.29, 1.82) is 0 Å². The normalized spacial score (nSPS) is 38.1. The van der Waals surface area contributed by atoms with Crippen LogP contribution in [0, 0.1) is 5.92 Å². The largest absolute Gasteiger partial charge is 0.481 e. The summed E-state index contributed by atoms with van der Waals surface area (Å²) in [5, 5.41) is 17.9. The van der Waals surface area contributed by atoms with Crippen LogP contribution in [-0.4, -0.2) is 34.5 Å². The molecule has 12 heavy (non-hydrogen) atoms. The van der Waals surface area contributed by atoms with Gasteiger partial charge in [0.05, 0.1) is 24.2 Å². The van der Waals surface area contributed by atoms with Crippen molar-refractivity contribution in [1.82, 2.24) is 0 Å². The van der Waals surface area contributed by atoms with Crippen molar-refractivity contribution < 1.29 is 19.7 Å².